The topological polar surface area (TPSA) is 55.4 Å². The van der Waals surface area contributed by atoms with Crippen molar-refractivity contribution in [3.8, 4) is 0 Å². The maximum atomic E-state index is 12.5. The molecule has 114 valence electrons. The largest absolute Gasteiger partial charge is 0.466 e. The van der Waals surface area contributed by atoms with Gasteiger partial charge in [-0.1, -0.05) is 36.8 Å². The monoisotopic (exact) mass is 289 g/mol. The molecule has 0 spiro atoms. The smallest absolute Gasteiger partial charge is 0.305 e. The van der Waals surface area contributed by atoms with Crippen LogP contribution in [0.1, 0.15) is 44.6 Å². The number of benzene rings is 1. The van der Waals surface area contributed by atoms with Gasteiger partial charge in [-0.25, -0.2) is 0 Å². The van der Waals surface area contributed by atoms with E-state index in [9.17, 15) is 9.59 Å². The van der Waals surface area contributed by atoms with Gasteiger partial charge in [-0.2, -0.15) is 0 Å². The molecular formula is C17H23NO3. The van der Waals surface area contributed by atoms with Crippen LogP contribution in [0.3, 0.4) is 0 Å². The van der Waals surface area contributed by atoms with Gasteiger partial charge in [-0.3, -0.25) is 9.59 Å². The second kappa shape index (κ2) is 7.25. The van der Waals surface area contributed by atoms with Gasteiger partial charge in [0.1, 0.15) is 0 Å². The van der Waals surface area contributed by atoms with Gasteiger partial charge >= 0.3 is 5.97 Å². The Balaban J connectivity index is 1.83. The van der Waals surface area contributed by atoms with Crippen molar-refractivity contribution < 1.29 is 14.3 Å². The maximum absolute atomic E-state index is 12.5. The summed E-state index contributed by atoms with van der Waals surface area (Å²) in [6.07, 6.45) is 3.87. The molecule has 0 radical (unpaired) electrons. The predicted molar refractivity (Wildman–Crippen MR) is 80.8 cm³/mol. The molecule has 21 heavy (non-hydrogen) atoms. The zero-order chi connectivity index (χ0) is 15.1. The number of esters is 1. The fourth-order valence-corrected chi connectivity index (χ4v) is 2.77. The Labute approximate surface area is 125 Å². The van der Waals surface area contributed by atoms with Crippen molar-refractivity contribution in [2.45, 2.75) is 44.4 Å². The van der Waals surface area contributed by atoms with Crippen molar-refractivity contribution >= 4 is 11.9 Å². The van der Waals surface area contributed by atoms with Crippen LogP contribution in [0.15, 0.2) is 30.3 Å². The molecule has 1 aliphatic carbocycles. The molecule has 1 amide bonds. The Kier molecular flexibility index (Phi) is 5.37. The average Bonchev–Trinajstić information content (AvgIpc) is 2.44. The van der Waals surface area contributed by atoms with Crippen LogP contribution in [0.25, 0.3) is 0 Å². The highest BCUT2D eigenvalue weighted by Gasteiger charge is 2.45. The first kappa shape index (κ1) is 15.5. The molecule has 4 nitrogen and oxygen atoms in total. The standard InChI is InChI=1S/C17H23NO3/c1-2-21-15(19)10-6-13-18-16(20)17(11-7-12-17)14-8-4-3-5-9-14/h3-5,8-9H,2,6-7,10-13H2,1H3,(H,18,20). The summed E-state index contributed by atoms with van der Waals surface area (Å²) < 4.78 is 4.87. The highest BCUT2D eigenvalue weighted by Crippen LogP contribution is 2.43. The van der Waals surface area contributed by atoms with E-state index >= 15 is 0 Å². The molecule has 1 N–H and O–H groups in total. The molecule has 2 rings (SSSR count). The summed E-state index contributed by atoms with van der Waals surface area (Å²) in [6.45, 7) is 2.72. The molecule has 0 unspecified atom stereocenters. The van der Waals surface area contributed by atoms with E-state index in [1.165, 1.54) is 0 Å². The van der Waals surface area contributed by atoms with Crippen molar-refractivity contribution in [2.24, 2.45) is 0 Å². The third-order valence-corrected chi connectivity index (χ3v) is 4.12. The number of carbonyl (C=O) groups is 2. The van der Waals surface area contributed by atoms with Crippen LogP contribution in [0.5, 0.6) is 0 Å². The van der Waals surface area contributed by atoms with Gasteiger partial charge in [-0.05, 0) is 31.7 Å². The first-order chi connectivity index (χ1) is 10.2. The lowest BCUT2D eigenvalue weighted by Crippen LogP contribution is -2.49. The molecule has 0 aromatic heterocycles. The van der Waals surface area contributed by atoms with Crippen LogP contribution in [-0.4, -0.2) is 25.0 Å². The molecule has 1 saturated carbocycles. The molecular weight excluding hydrogens is 266 g/mol. The van der Waals surface area contributed by atoms with Crippen LogP contribution >= 0.6 is 0 Å². The molecule has 1 aromatic carbocycles. The summed E-state index contributed by atoms with van der Waals surface area (Å²) in [6, 6.07) is 9.97. The molecule has 0 bridgehead atoms. The quantitative estimate of drug-likeness (QED) is 0.620. The number of hydrogen-bond donors (Lipinski definition) is 1. The van der Waals surface area contributed by atoms with Crippen LogP contribution in [0.4, 0.5) is 0 Å². The van der Waals surface area contributed by atoms with E-state index in [1.807, 2.05) is 30.3 Å². The summed E-state index contributed by atoms with van der Waals surface area (Å²) in [5.74, 6) is -0.114. The average molecular weight is 289 g/mol. The van der Waals surface area contributed by atoms with Gasteiger partial charge in [0, 0.05) is 13.0 Å². The molecule has 0 atom stereocenters. The molecule has 4 heteroatoms. The molecule has 0 heterocycles. The number of amides is 1. The third kappa shape index (κ3) is 3.63. The minimum atomic E-state index is -0.356. The molecule has 0 saturated heterocycles. The molecule has 0 aliphatic heterocycles. The molecule has 1 aliphatic rings. The summed E-state index contributed by atoms with van der Waals surface area (Å²) in [7, 11) is 0. The van der Waals surface area contributed by atoms with Crippen LogP contribution in [-0.2, 0) is 19.7 Å². The lowest BCUT2D eigenvalue weighted by atomic mass is 9.64. The highest BCUT2D eigenvalue weighted by molar-refractivity contribution is 5.89. The van der Waals surface area contributed by atoms with E-state index in [0.29, 0.717) is 26.0 Å². The van der Waals surface area contributed by atoms with Gasteiger partial charge < -0.3 is 10.1 Å². The first-order valence-corrected chi connectivity index (χ1v) is 7.68. The Morgan fingerprint density at radius 3 is 2.52 bits per heavy atom. The SMILES string of the molecule is CCOC(=O)CCCNC(=O)C1(c2ccccc2)CCC1. The van der Waals surface area contributed by atoms with Crippen LogP contribution in [0.2, 0.25) is 0 Å². The van der Waals surface area contributed by atoms with E-state index < -0.39 is 0 Å². The lowest BCUT2D eigenvalue weighted by molar-refractivity contribution is -0.143. The molecule has 1 fully saturated rings. The Bertz CT molecular complexity index is 480. The van der Waals surface area contributed by atoms with Crippen molar-refractivity contribution in [3.05, 3.63) is 35.9 Å². The zero-order valence-electron chi connectivity index (χ0n) is 12.6. The fraction of sp³-hybridized carbons (Fsp3) is 0.529. The molecule has 1 aromatic rings. The Morgan fingerprint density at radius 2 is 1.95 bits per heavy atom. The minimum absolute atomic E-state index is 0.0869. The van der Waals surface area contributed by atoms with E-state index in [0.717, 1.165) is 24.8 Å². The van der Waals surface area contributed by atoms with Crippen molar-refractivity contribution in [1.82, 2.24) is 5.32 Å². The lowest BCUT2D eigenvalue weighted by Gasteiger charge is -2.40. The van der Waals surface area contributed by atoms with E-state index in [1.54, 1.807) is 6.92 Å². The zero-order valence-corrected chi connectivity index (χ0v) is 12.6. The normalized spacial score (nSPS) is 15.9. The van der Waals surface area contributed by atoms with Crippen molar-refractivity contribution in [2.75, 3.05) is 13.2 Å². The fourth-order valence-electron chi connectivity index (χ4n) is 2.77. The maximum Gasteiger partial charge on any atom is 0.305 e. The summed E-state index contributed by atoms with van der Waals surface area (Å²) in [5.41, 5.74) is 0.740. The summed E-state index contributed by atoms with van der Waals surface area (Å²) in [4.78, 5) is 23.7. The van der Waals surface area contributed by atoms with E-state index in [-0.39, 0.29) is 17.3 Å². The number of ether oxygens (including phenoxy) is 1. The second-order valence-electron chi connectivity index (χ2n) is 5.47. The van der Waals surface area contributed by atoms with Gasteiger partial charge in [0.2, 0.25) is 5.91 Å². The van der Waals surface area contributed by atoms with Gasteiger partial charge in [0.15, 0.2) is 0 Å². The van der Waals surface area contributed by atoms with Gasteiger partial charge in [-0.15, -0.1) is 0 Å². The van der Waals surface area contributed by atoms with E-state index in [4.69, 9.17) is 4.74 Å². The van der Waals surface area contributed by atoms with Gasteiger partial charge in [0.25, 0.3) is 0 Å². The Hall–Kier alpha value is -1.84. The number of rotatable bonds is 7. The van der Waals surface area contributed by atoms with E-state index in [2.05, 4.69) is 5.32 Å². The van der Waals surface area contributed by atoms with Gasteiger partial charge in [0.05, 0.1) is 12.0 Å². The number of carbonyl (C=O) groups excluding carboxylic acids is 2. The van der Waals surface area contributed by atoms with Crippen molar-refractivity contribution in [1.29, 1.82) is 0 Å². The highest BCUT2D eigenvalue weighted by atomic mass is 16.5. The van der Waals surface area contributed by atoms with Crippen LogP contribution in [0, 0.1) is 0 Å². The summed E-state index contributed by atoms with van der Waals surface area (Å²) >= 11 is 0. The summed E-state index contributed by atoms with van der Waals surface area (Å²) in [5, 5.41) is 2.97. The number of hydrogen-bond acceptors (Lipinski definition) is 3. The number of nitrogens with one attached hydrogen (secondary N) is 1. The predicted octanol–water partition coefficient (Wildman–Crippen LogP) is 2.57. The van der Waals surface area contributed by atoms with Crippen LogP contribution < -0.4 is 5.32 Å². The Morgan fingerprint density at radius 1 is 1.24 bits per heavy atom. The first-order valence-electron chi connectivity index (χ1n) is 7.68. The second-order valence-corrected chi connectivity index (χ2v) is 5.47. The third-order valence-electron chi connectivity index (χ3n) is 4.12. The van der Waals surface area contributed by atoms with Crippen molar-refractivity contribution in [3.63, 3.8) is 0 Å². The minimum Gasteiger partial charge on any atom is -0.466 e.